The molecule has 112 valence electrons. The number of rotatable bonds is 3. The van der Waals surface area contributed by atoms with E-state index in [4.69, 9.17) is 16.9 Å². The standard InChI is InChI=1S/C15H11ClN2O3S/c1-22(20,21)12-6-7-14(16)13(8-12)15(19)18-11-4-2-10(9-17)3-5-11/h2-8H,1H3,(H,18,19). The van der Waals surface area contributed by atoms with Crippen LogP contribution in [0.1, 0.15) is 15.9 Å². The van der Waals surface area contributed by atoms with Crippen LogP contribution in [0.25, 0.3) is 0 Å². The molecule has 0 aliphatic carbocycles. The molecule has 2 aromatic rings. The Morgan fingerprint density at radius 3 is 2.36 bits per heavy atom. The van der Waals surface area contributed by atoms with Gasteiger partial charge in [0, 0.05) is 11.9 Å². The summed E-state index contributed by atoms with van der Waals surface area (Å²) in [5.74, 6) is -0.528. The highest BCUT2D eigenvalue weighted by molar-refractivity contribution is 7.90. The van der Waals surface area contributed by atoms with Gasteiger partial charge in [0.2, 0.25) is 0 Å². The quantitative estimate of drug-likeness (QED) is 0.934. The van der Waals surface area contributed by atoms with Crippen LogP contribution < -0.4 is 5.32 Å². The van der Waals surface area contributed by atoms with Crippen molar-refractivity contribution in [2.45, 2.75) is 4.90 Å². The predicted octanol–water partition coefficient (Wildman–Crippen LogP) is 2.87. The summed E-state index contributed by atoms with van der Waals surface area (Å²) in [6, 6.07) is 12.2. The fourth-order valence-electron chi connectivity index (χ4n) is 1.74. The minimum Gasteiger partial charge on any atom is -0.322 e. The fourth-order valence-corrected chi connectivity index (χ4v) is 2.59. The second-order valence-electron chi connectivity index (χ2n) is 4.56. The first-order chi connectivity index (χ1) is 10.3. The van der Waals surface area contributed by atoms with Crippen LogP contribution in [-0.4, -0.2) is 20.6 Å². The molecule has 0 atom stereocenters. The summed E-state index contributed by atoms with van der Waals surface area (Å²) in [7, 11) is -3.43. The van der Waals surface area contributed by atoms with E-state index in [1.54, 1.807) is 24.3 Å². The molecule has 0 aromatic heterocycles. The van der Waals surface area contributed by atoms with E-state index in [0.29, 0.717) is 11.3 Å². The molecule has 0 spiro atoms. The third-order valence-corrected chi connectivity index (χ3v) is 4.32. The Hall–Kier alpha value is -2.36. The van der Waals surface area contributed by atoms with Crippen molar-refractivity contribution in [2.24, 2.45) is 0 Å². The van der Waals surface area contributed by atoms with Crippen molar-refractivity contribution < 1.29 is 13.2 Å². The van der Waals surface area contributed by atoms with Gasteiger partial charge in [-0.1, -0.05) is 11.6 Å². The number of carbonyl (C=O) groups is 1. The molecule has 0 saturated heterocycles. The summed E-state index contributed by atoms with van der Waals surface area (Å²) in [6.45, 7) is 0. The topological polar surface area (TPSA) is 87.0 Å². The number of hydrogen-bond donors (Lipinski definition) is 1. The number of carbonyl (C=O) groups excluding carboxylic acids is 1. The Morgan fingerprint density at radius 1 is 1.18 bits per heavy atom. The second kappa shape index (κ2) is 6.18. The molecule has 2 rings (SSSR count). The van der Waals surface area contributed by atoms with Gasteiger partial charge < -0.3 is 5.32 Å². The van der Waals surface area contributed by atoms with E-state index in [0.717, 1.165) is 6.26 Å². The maximum atomic E-state index is 12.2. The van der Waals surface area contributed by atoms with Crippen molar-refractivity contribution >= 4 is 33.0 Å². The van der Waals surface area contributed by atoms with Crippen LogP contribution in [-0.2, 0) is 9.84 Å². The lowest BCUT2D eigenvalue weighted by molar-refractivity contribution is 0.102. The maximum absolute atomic E-state index is 12.2. The first-order valence-electron chi connectivity index (χ1n) is 6.12. The van der Waals surface area contributed by atoms with Crippen LogP contribution in [0.5, 0.6) is 0 Å². The van der Waals surface area contributed by atoms with Gasteiger partial charge in [-0.25, -0.2) is 8.42 Å². The van der Waals surface area contributed by atoms with Gasteiger partial charge in [-0.05, 0) is 42.5 Å². The molecule has 5 nitrogen and oxygen atoms in total. The zero-order valence-corrected chi connectivity index (χ0v) is 13.1. The van der Waals surface area contributed by atoms with Gasteiger partial charge in [-0.3, -0.25) is 4.79 Å². The number of benzene rings is 2. The van der Waals surface area contributed by atoms with Crippen LogP contribution in [0.15, 0.2) is 47.4 Å². The van der Waals surface area contributed by atoms with Gasteiger partial charge in [0.15, 0.2) is 9.84 Å². The molecule has 0 unspecified atom stereocenters. The van der Waals surface area contributed by atoms with Crippen molar-refractivity contribution in [3.63, 3.8) is 0 Å². The smallest absolute Gasteiger partial charge is 0.257 e. The van der Waals surface area contributed by atoms with Crippen molar-refractivity contribution in [1.82, 2.24) is 0 Å². The number of amides is 1. The van der Waals surface area contributed by atoms with E-state index < -0.39 is 15.7 Å². The Balaban J connectivity index is 2.31. The van der Waals surface area contributed by atoms with E-state index >= 15 is 0 Å². The lowest BCUT2D eigenvalue weighted by Crippen LogP contribution is -2.13. The number of halogens is 1. The molecule has 0 aliphatic heterocycles. The van der Waals surface area contributed by atoms with Crippen LogP contribution in [0.3, 0.4) is 0 Å². The van der Waals surface area contributed by atoms with E-state index in [2.05, 4.69) is 5.32 Å². The third-order valence-electron chi connectivity index (χ3n) is 2.88. The molecule has 22 heavy (non-hydrogen) atoms. The largest absolute Gasteiger partial charge is 0.322 e. The summed E-state index contributed by atoms with van der Waals surface area (Å²) < 4.78 is 23.1. The monoisotopic (exact) mass is 334 g/mol. The van der Waals surface area contributed by atoms with Gasteiger partial charge in [0.05, 0.1) is 27.1 Å². The van der Waals surface area contributed by atoms with Crippen molar-refractivity contribution in [2.75, 3.05) is 11.6 Å². The van der Waals surface area contributed by atoms with Crippen LogP contribution >= 0.6 is 11.6 Å². The first kappa shape index (κ1) is 16.0. The van der Waals surface area contributed by atoms with Gasteiger partial charge in [-0.2, -0.15) is 5.26 Å². The van der Waals surface area contributed by atoms with Crippen LogP contribution in [0, 0.1) is 11.3 Å². The Bertz CT molecular complexity index is 869. The molecule has 0 saturated carbocycles. The maximum Gasteiger partial charge on any atom is 0.257 e. The Labute approximate surface area is 133 Å². The van der Waals surface area contributed by atoms with Crippen molar-refractivity contribution in [3.8, 4) is 6.07 Å². The summed E-state index contributed by atoms with van der Waals surface area (Å²) >= 11 is 5.96. The highest BCUT2D eigenvalue weighted by Gasteiger charge is 2.15. The summed E-state index contributed by atoms with van der Waals surface area (Å²) in [6.07, 6.45) is 1.05. The first-order valence-corrected chi connectivity index (χ1v) is 8.39. The molecule has 0 aliphatic rings. The second-order valence-corrected chi connectivity index (χ2v) is 6.98. The molecule has 0 bridgehead atoms. The molecule has 0 radical (unpaired) electrons. The third kappa shape index (κ3) is 3.64. The number of anilines is 1. The molecule has 0 fully saturated rings. The molecule has 1 N–H and O–H groups in total. The van der Waals surface area contributed by atoms with Crippen LogP contribution in [0.2, 0.25) is 5.02 Å². The van der Waals surface area contributed by atoms with E-state index in [-0.39, 0.29) is 15.5 Å². The molecule has 7 heteroatoms. The summed E-state index contributed by atoms with van der Waals surface area (Å²) in [5, 5.41) is 11.5. The summed E-state index contributed by atoms with van der Waals surface area (Å²) in [5.41, 5.74) is 1.01. The lowest BCUT2D eigenvalue weighted by Gasteiger charge is -2.08. The minimum atomic E-state index is -3.43. The average Bonchev–Trinajstić information content (AvgIpc) is 2.47. The number of nitriles is 1. The van der Waals surface area contributed by atoms with Gasteiger partial charge in [0.1, 0.15) is 0 Å². The van der Waals surface area contributed by atoms with E-state index in [9.17, 15) is 13.2 Å². The van der Waals surface area contributed by atoms with E-state index in [1.807, 2.05) is 6.07 Å². The van der Waals surface area contributed by atoms with Gasteiger partial charge in [0.25, 0.3) is 5.91 Å². The van der Waals surface area contributed by atoms with Crippen molar-refractivity contribution in [1.29, 1.82) is 5.26 Å². The van der Waals surface area contributed by atoms with Gasteiger partial charge >= 0.3 is 0 Å². The molecule has 2 aromatic carbocycles. The number of hydrogen-bond acceptors (Lipinski definition) is 4. The zero-order valence-electron chi connectivity index (χ0n) is 11.5. The molecule has 0 heterocycles. The Kier molecular flexibility index (Phi) is 4.50. The molecular formula is C15H11ClN2O3S. The zero-order chi connectivity index (χ0) is 16.3. The SMILES string of the molecule is CS(=O)(=O)c1ccc(Cl)c(C(=O)Nc2ccc(C#N)cc2)c1. The summed E-state index contributed by atoms with van der Waals surface area (Å²) in [4.78, 5) is 12.2. The highest BCUT2D eigenvalue weighted by Crippen LogP contribution is 2.22. The van der Waals surface area contributed by atoms with Gasteiger partial charge in [-0.15, -0.1) is 0 Å². The minimum absolute atomic E-state index is 0.0156. The average molecular weight is 335 g/mol. The molecular weight excluding hydrogens is 324 g/mol. The highest BCUT2D eigenvalue weighted by atomic mass is 35.5. The lowest BCUT2D eigenvalue weighted by atomic mass is 10.2. The number of nitrogens with one attached hydrogen (secondary N) is 1. The van der Waals surface area contributed by atoms with E-state index in [1.165, 1.54) is 18.2 Å². The van der Waals surface area contributed by atoms with Crippen molar-refractivity contribution in [3.05, 3.63) is 58.6 Å². The fraction of sp³-hybridized carbons (Fsp3) is 0.0667. The number of nitrogens with zero attached hydrogens (tertiary/aromatic N) is 1. The molecule has 1 amide bonds. The Morgan fingerprint density at radius 2 is 1.82 bits per heavy atom. The van der Waals surface area contributed by atoms with Crippen LogP contribution in [0.4, 0.5) is 5.69 Å². The normalized spacial score (nSPS) is 10.8. The number of sulfone groups is 1. The predicted molar refractivity (Wildman–Crippen MR) is 83.7 cm³/mol.